The van der Waals surface area contributed by atoms with E-state index < -0.39 is 0 Å². The van der Waals surface area contributed by atoms with Crippen molar-refractivity contribution in [3.05, 3.63) is 57.0 Å². The summed E-state index contributed by atoms with van der Waals surface area (Å²) in [5.74, 6) is -0.661. The Labute approximate surface area is 151 Å². The summed E-state index contributed by atoms with van der Waals surface area (Å²) in [6.07, 6.45) is 0.897. The molecule has 1 heterocycles. The van der Waals surface area contributed by atoms with Crippen molar-refractivity contribution in [3.63, 3.8) is 0 Å². The van der Waals surface area contributed by atoms with Crippen LogP contribution in [0.4, 0.5) is 4.39 Å². The average molecular weight is 362 g/mol. The molecule has 0 fully saturated rings. The van der Waals surface area contributed by atoms with Gasteiger partial charge in [-0.3, -0.25) is 9.59 Å². The van der Waals surface area contributed by atoms with Gasteiger partial charge in [-0.1, -0.05) is 19.1 Å². The van der Waals surface area contributed by atoms with Gasteiger partial charge in [-0.2, -0.15) is 0 Å². The van der Waals surface area contributed by atoms with Gasteiger partial charge in [0.1, 0.15) is 5.82 Å². The minimum Gasteiger partial charge on any atom is -0.350 e. The highest BCUT2D eigenvalue weighted by molar-refractivity contribution is 7.14. The molecule has 0 radical (unpaired) electrons. The molecule has 6 heteroatoms. The van der Waals surface area contributed by atoms with Crippen LogP contribution < -0.4 is 5.32 Å². The van der Waals surface area contributed by atoms with E-state index >= 15 is 0 Å². The van der Waals surface area contributed by atoms with Crippen molar-refractivity contribution in [3.8, 4) is 0 Å². The number of aryl methyl sites for hydroxylation is 2. The van der Waals surface area contributed by atoms with Crippen molar-refractivity contribution in [2.75, 3.05) is 13.1 Å². The third kappa shape index (κ3) is 5.13. The van der Waals surface area contributed by atoms with E-state index in [2.05, 4.69) is 12.2 Å². The molecule has 0 aliphatic rings. The van der Waals surface area contributed by atoms with Crippen LogP contribution in [0.5, 0.6) is 0 Å². The zero-order valence-electron chi connectivity index (χ0n) is 14.8. The van der Waals surface area contributed by atoms with Gasteiger partial charge in [-0.15, -0.1) is 11.3 Å². The molecular formula is C19H23FN2O2S. The largest absolute Gasteiger partial charge is 0.350 e. The van der Waals surface area contributed by atoms with E-state index in [4.69, 9.17) is 0 Å². The number of likely N-dealkylation sites (N-methyl/N-ethyl adjacent to an activating group) is 1. The molecule has 0 spiro atoms. The Hall–Kier alpha value is -2.21. The van der Waals surface area contributed by atoms with Crippen LogP contribution in [0.25, 0.3) is 0 Å². The number of nitrogens with zero attached hydrogens (tertiary/aromatic N) is 1. The van der Waals surface area contributed by atoms with Crippen LogP contribution in [0.1, 0.15) is 39.5 Å². The molecule has 4 nitrogen and oxygen atoms in total. The minimum atomic E-state index is -0.310. The van der Waals surface area contributed by atoms with E-state index in [0.717, 1.165) is 17.5 Å². The van der Waals surface area contributed by atoms with Crippen LogP contribution in [0.2, 0.25) is 0 Å². The average Bonchev–Trinajstić information content (AvgIpc) is 2.99. The second kappa shape index (κ2) is 8.76. The quantitative estimate of drug-likeness (QED) is 0.819. The topological polar surface area (TPSA) is 49.4 Å². The molecule has 2 rings (SSSR count). The summed E-state index contributed by atoms with van der Waals surface area (Å²) in [5, 5.41) is 2.77. The van der Waals surface area contributed by atoms with Crippen LogP contribution in [-0.2, 0) is 17.8 Å². The Morgan fingerprint density at radius 1 is 1.20 bits per heavy atom. The summed E-state index contributed by atoms with van der Waals surface area (Å²) >= 11 is 1.49. The lowest BCUT2D eigenvalue weighted by Crippen LogP contribution is -2.40. The number of halogens is 1. The molecule has 0 saturated heterocycles. The number of nitrogens with one attached hydrogen (secondary N) is 1. The van der Waals surface area contributed by atoms with Gasteiger partial charge in [0.2, 0.25) is 5.91 Å². The summed E-state index contributed by atoms with van der Waals surface area (Å²) in [5.41, 5.74) is 1.93. The zero-order chi connectivity index (χ0) is 18.4. The molecule has 0 atom stereocenters. The molecule has 2 amide bonds. The first-order valence-corrected chi connectivity index (χ1v) is 9.16. The molecule has 0 aliphatic heterocycles. The molecule has 1 N–H and O–H groups in total. The van der Waals surface area contributed by atoms with Gasteiger partial charge >= 0.3 is 0 Å². The minimum absolute atomic E-state index is 0.00886. The van der Waals surface area contributed by atoms with E-state index in [1.54, 1.807) is 12.1 Å². The number of benzene rings is 1. The smallest absolute Gasteiger partial charge is 0.264 e. The summed E-state index contributed by atoms with van der Waals surface area (Å²) in [4.78, 5) is 28.2. The summed E-state index contributed by atoms with van der Waals surface area (Å²) in [6, 6.07) is 7.85. The first-order chi connectivity index (χ1) is 11.9. The Bertz CT molecular complexity index is 740. The highest BCUT2D eigenvalue weighted by atomic mass is 32.1. The number of thiophene rings is 1. The number of carbonyl (C=O) groups excluding carboxylic acids is 2. The molecule has 0 unspecified atom stereocenters. The standard InChI is InChI=1S/C19H23FN2O2S/c1-4-16-13(3)10-17(25-16)19(24)22(5-2)12-18(23)21-11-14-6-8-15(20)9-7-14/h6-10H,4-5,11-12H2,1-3H3,(H,21,23). The molecular weight excluding hydrogens is 339 g/mol. The van der Waals surface area contributed by atoms with E-state index in [1.807, 2.05) is 19.9 Å². The highest BCUT2D eigenvalue weighted by Crippen LogP contribution is 2.23. The van der Waals surface area contributed by atoms with Crippen molar-refractivity contribution in [2.24, 2.45) is 0 Å². The van der Waals surface area contributed by atoms with Gasteiger partial charge in [0.05, 0.1) is 11.4 Å². The predicted molar refractivity (Wildman–Crippen MR) is 98.3 cm³/mol. The van der Waals surface area contributed by atoms with E-state index in [9.17, 15) is 14.0 Å². The first-order valence-electron chi connectivity index (χ1n) is 8.34. The lowest BCUT2D eigenvalue weighted by molar-refractivity contribution is -0.121. The van der Waals surface area contributed by atoms with E-state index in [1.165, 1.54) is 33.2 Å². The Balaban J connectivity index is 1.94. The zero-order valence-corrected chi connectivity index (χ0v) is 15.6. The second-order valence-corrected chi connectivity index (χ2v) is 6.93. The molecule has 2 aromatic rings. The second-order valence-electron chi connectivity index (χ2n) is 5.79. The van der Waals surface area contributed by atoms with Gasteiger partial charge < -0.3 is 10.2 Å². The molecule has 0 saturated carbocycles. The maximum absolute atomic E-state index is 12.9. The molecule has 0 aliphatic carbocycles. The fourth-order valence-electron chi connectivity index (χ4n) is 2.49. The van der Waals surface area contributed by atoms with Crippen LogP contribution in [0.3, 0.4) is 0 Å². The van der Waals surface area contributed by atoms with Crippen LogP contribution in [-0.4, -0.2) is 29.8 Å². The third-order valence-electron chi connectivity index (χ3n) is 3.96. The molecule has 25 heavy (non-hydrogen) atoms. The van der Waals surface area contributed by atoms with Gasteiger partial charge in [0.25, 0.3) is 5.91 Å². The van der Waals surface area contributed by atoms with E-state index in [0.29, 0.717) is 18.0 Å². The van der Waals surface area contributed by atoms with Gasteiger partial charge in [0, 0.05) is 18.0 Å². The fraction of sp³-hybridized carbons (Fsp3) is 0.368. The van der Waals surface area contributed by atoms with Gasteiger partial charge in [-0.05, 0) is 49.6 Å². The first kappa shape index (κ1) is 19.1. The predicted octanol–water partition coefficient (Wildman–Crippen LogP) is 3.54. The van der Waals surface area contributed by atoms with Crippen LogP contribution in [0.15, 0.2) is 30.3 Å². The van der Waals surface area contributed by atoms with Gasteiger partial charge in [0.15, 0.2) is 0 Å². The molecule has 134 valence electrons. The van der Waals surface area contributed by atoms with Crippen LogP contribution in [0, 0.1) is 12.7 Å². The Kier molecular flexibility index (Phi) is 6.70. The van der Waals surface area contributed by atoms with Crippen LogP contribution >= 0.6 is 11.3 Å². The lowest BCUT2D eigenvalue weighted by Gasteiger charge is -2.19. The highest BCUT2D eigenvalue weighted by Gasteiger charge is 2.20. The number of hydrogen-bond donors (Lipinski definition) is 1. The monoisotopic (exact) mass is 362 g/mol. The SMILES string of the molecule is CCc1sc(C(=O)N(CC)CC(=O)NCc2ccc(F)cc2)cc1C. The lowest BCUT2D eigenvalue weighted by atomic mass is 10.2. The van der Waals surface area contributed by atoms with Crippen molar-refractivity contribution < 1.29 is 14.0 Å². The van der Waals surface area contributed by atoms with Gasteiger partial charge in [-0.25, -0.2) is 4.39 Å². The third-order valence-corrected chi connectivity index (χ3v) is 5.33. The summed E-state index contributed by atoms with van der Waals surface area (Å²) in [6.45, 7) is 6.69. The molecule has 1 aromatic heterocycles. The molecule has 0 bridgehead atoms. The van der Waals surface area contributed by atoms with Crippen molar-refractivity contribution >= 4 is 23.2 Å². The van der Waals surface area contributed by atoms with Crippen molar-refractivity contribution in [2.45, 2.75) is 33.7 Å². The number of rotatable bonds is 7. The maximum Gasteiger partial charge on any atom is 0.264 e. The Morgan fingerprint density at radius 2 is 1.88 bits per heavy atom. The number of hydrogen-bond acceptors (Lipinski definition) is 3. The van der Waals surface area contributed by atoms with Crippen molar-refractivity contribution in [1.82, 2.24) is 10.2 Å². The number of carbonyl (C=O) groups is 2. The molecule has 1 aromatic carbocycles. The van der Waals surface area contributed by atoms with E-state index in [-0.39, 0.29) is 24.2 Å². The maximum atomic E-state index is 12.9. The fourth-order valence-corrected chi connectivity index (χ4v) is 3.57. The number of amides is 2. The van der Waals surface area contributed by atoms with Crippen molar-refractivity contribution in [1.29, 1.82) is 0 Å². The summed E-state index contributed by atoms with van der Waals surface area (Å²) in [7, 11) is 0. The Morgan fingerprint density at radius 3 is 2.44 bits per heavy atom. The summed E-state index contributed by atoms with van der Waals surface area (Å²) < 4.78 is 12.9. The normalized spacial score (nSPS) is 10.6.